The second-order valence-corrected chi connectivity index (χ2v) is 6.71. The van der Waals surface area contributed by atoms with Crippen molar-refractivity contribution >= 4 is 41.0 Å². The number of rotatable bonds is 3. The van der Waals surface area contributed by atoms with Gasteiger partial charge in [0, 0.05) is 18.8 Å². The van der Waals surface area contributed by atoms with E-state index in [-0.39, 0.29) is 6.03 Å². The van der Waals surface area contributed by atoms with E-state index in [0.29, 0.717) is 38.5 Å². The Morgan fingerprint density at radius 3 is 2.62 bits per heavy atom. The van der Waals surface area contributed by atoms with Crippen molar-refractivity contribution in [2.24, 2.45) is 0 Å². The molecule has 3 amide bonds. The second-order valence-electron chi connectivity index (χ2n) is 5.89. The third-order valence-corrected chi connectivity index (χ3v) is 4.88. The highest BCUT2D eigenvalue weighted by Gasteiger charge is 2.34. The Kier molecular flexibility index (Phi) is 4.93. The van der Waals surface area contributed by atoms with Crippen LogP contribution in [-0.2, 0) is 4.79 Å². The van der Waals surface area contributed by atoms with Crippen LogP contribution in [0.5, 0.6) is 0 Å². The summed E-state index contributed by atoms with van der Waals surface area (Å²) in [5.41, 5.74) is 1.52. The van der Waals surface area contributed by atoms with Crippen molar-refractivity contribution in [2.45, 2.75) is 19.9 Å². The Balaban J connectivity index is 2.02. The molecule has 0 spiro atoms. The van der Waals surface area contributed by atoms with Crippen molar-refractivity contribution in [1.82, 2.24) is 15.4 Å². The van der Waals surface area contributed by atoms with Gasteiger partial charge in [-0.2, -0.15) is 0 Å². The number of carbonyl (C=O) groups excluding carboxylic acids is 2. The number of urea groups is 1. The van der Waals surface area contributed by atoms with Crippen molar-refractivity contribution in [3.05, 3.63) is 56.9 Å². The Bertz CT molecular complexity index is 922. The Hall–Kier alpha value is -2.51. The highest BCUT2D eigenvalue weighted by molar-refractivity contribution is 6.42. The molecule has 2 heterocycles. The molecular formula is C17H16Cl2N4O3. The van der Waals surface area contributed by atoms with Gasteiger partial charge in [-0.15, -0.1) is 0 Å². The first-order valence-electron chi connectivity index (χ1n) is 7.72. The quantitative estimate of drug-likeness (QED) is 0.825. The predicted octanol–water partition coefficient (Wildman–Crippen LogP) is 3.90. The average molecular weight is 395 g/mol. The van der Waals surface area contributed by atoms with Crippen LogP contribution in [0, 0.1) is 6.92 Å². The number of anilines is 1. The van der Waals surface area contributed by atoms with Crippen LogP contribution in [-0.4, -0.2) is 29.0 Å². The van der Waals surface area contributed by atoms with E-state index in [1.165, 1.54) is 4.90 Å². The summed E-state index contributed by atoms with van der Waals surface area (Å²) < 4.78 is 4.97. The third-order valence-electron chi connectivity index (χ3n) is 4.15. The minimum absolute atomic E-state index is 0.292. The zero-order chi connectivity index (χ0) is 19.0. The number of nitrogens with zero attached hydrogens (tertiary/aromatic N) is 2. The maximum atomic E-state index is 12.9. The van der Waals surface area contributed by atoms with E-state index in [1.807, 2.05) is 0 Å². The van der Waals surface area contributed by atoms with E-state index in [4.69, 9.17) is 27.7 Å². The molecule has 0 aliphatic carbocycles. The van der Waals surface area contributed by atoms with Gasteiger partial charge in [0.05, 0.1) is 21.7 Å². The molecule has 0 saturated carbocycles. The molecule has 9 heteroatoms. The first-order valence-corrected chi connectivity index (χ1v) is 8.48. The first-order chi connectivity index (χ1) is 12.3. The number of hydrogen-bond acceptors (Lipinski definition) is 4. The zero-order valence-corrected chi connectivity index (χ0v) is 15.8. The van der Waals surface area contributed by atoms with Crippen LogP contribution in [0.2, 0.25) is 10.0 Å². The van der Waals surface area contributed by atoms with Crippen LogP contribution < -0.4 is 10.6 Å². The van der Waals surface area contributed by atoms with Gasteiger partial charge in [0.2, 0.25) is 0 Å². The van der Waals surface area contributed by atoms with Crippen LogP contribution in [0.4, 0.5) is 10.6 Å². The van der Waals surface area contributed by atoms with Crippen LogP contribution in [0.25, 0.3) is 0 Å². The smallest absolute Gasteiger partial charge is 0.322 e. The number of benzene rings is 1. The zero-order valence-electron chi connectivity index (χ0n) is 14.3. The number of carbonyl (C=O) groups is 2. The summed E-state index contributed by atoms with van der Waals surface area (Å²) in [6, 6.07) is 5.56. The molecular weight excluding hydrogens is 379 g/mol. The maximum absolute atomic E-state index is 12.9. The molecule has 1 atom stereocenters. The topological polar surface area (TPSA) is 87.5 Å². The number of allylic oxidation sites excluding steroid dienone is 1. The lowest BCUT2D eigenvalue weighted by atomic mass is 9.94. The van der Waals surface area contributed by atoms with E-state index in [0.717, 1.165) is 0 Å². The Morgan fingerprint density at radius 2 is 2.00 bits per heavy atom. The number of halogens is 2. The summed E-state index contributed by atoms with van der Waals surface area (Å²) in [5, 5.41) is 9.98. The molecule has 2 aromatic rings. The molecule has 1 aromatic carbocycles. The number of nitrogens with one attached hydrogen (secondary N) is 2. The number of aromatic nitrogens is 1. The van der Waals surface area contributed by atoms with Crippen LogP contribution in [0.15, 0.2) is 40.1 Å². The van der Waals surface area contributed by atoms with E-state index >= 15 is 0 Å². The Labute approximate surface area is 159 Å². The number of aryl methyl sites for hydroxylation is 1. The maximum Gasteiger partial charge on any atom is 0.322 e. The third kappa shape index (κ3) is 3.40. The van der Waals surface area contributed by atoms with Crippen LogP contribution in [0.1, 0.15) is 24.3 Å². The molecule has 3 rings (SSSR count). The van der Waals surface area contributed by atoms with Crippen LogP contribution in [0.3, 0.4) is 0 Å². The van der Waals surface area contributed by atoms with Crippen molar-refractivity contribution in [2.75, 3.05) is 12.4 Å². The summed E-state index contributed by atoms with van der Waals surface area (Å²) in [6.07, 6.45) is 0. The van der Waals surface area contributed by atoms with Crippen molar-refractivity contribution in [3.63, 3.8) is 0 Å². The fourth-order valence-electron chi connectivity index (χ4n) is 2.68. The van der Waals surface area contributed by atoms with Gasteiger partial charge in [0.15, 0.2) is 5.82 Å². The average Bonchev–Trinajstić information content (AvgIpc) is 2.99. The number of amides is 3. The summed E-state index contributed by atoms with van der Waals surface area (Å²) in [7, 11) is 1.59. The molecule has 1 aliphatic heterocycles. The fraction of sp³-hybridized carbons (Fsp3) is 0.235. The molecule has 0 fully saturated rings. The molecule has 0 unspecified atom stereocenters. The summed E-state index contributed by atoms with van der Waals surface area (Å²) in [4.78, 5) is 26.5. The van der Waals surface area contributed by atoms with Gasteiger partial charge in [0.1, 0.15) is 5.76 Å². The van der Waals surface area contributed by atoms with Crippen LogP contribution >= 0.6 is 23.2 Å². The van der Waals surface area contributed by atoms with Gasteiger partial charge in [-0.25, -0.2) is 4.79 Å². The fourth-order valence-corrected chi connectivity index (χ4v) is 2.99. The molecule has 26 heavy (non-hydrogen) atoms. The van der Waals surface area contributed by atoms with Crippen molar-refractivity contribution < 1.29 is 14.1 Å². The molecule has 1 aliphatic rings. The molecule has 1 aromatic heterocycles. The molecule has 0 bridgehead atoms. The van der Waals surface area contributed by atoms with Gasteiger partial charge in [0.25, 0.3) is 5.91 Å². The van der Waals surface area contributed by atoms with Gasteiger partial charge in [-0.1, -0.05) is 34.4 Å². The van der Waals surface area contributed by atoms with Gasteiger partial charge < -0.3 is 20.1 Å². The largest absolute Gasteiger partial charge is 0.360 e. The van der Waals surface area contributed by atoms with Crippen molar-refractivity contribution in [1.29, 1.82) is 0 Å². The monoisotopic (exact) mass is 394 g/mol. The highest BCUT2D eigenvalue weighted by Crippen LogP contribution is 2.33. The predicted molar refractivity (Wildman–Crippen MR) is 98.1 cm³/mol. The minimum atomic E-state index is -0.679. The highest BCUT2D eigenvalue weighted by atomic mass is 35.5. The SMILES string of the molecule is CC1=C(C(=O)Nc2cc(C)on2)[C@@H](c2ccc(Cl)c(Cl)c2)NC(=O)N1C. The molecule has 0 saturated heterocycles. The lowest BCUT2D eigenvalue weighted by Crippen LogP contribution is -2.46. The van der Waals surface area contributed by atoms with Gasteiger partial charge >= 0.3 is 6.03 Å². The molecule has 7 nitrogen and oxygen atoms in total. The van der Waals surface area contributed by atoms with E-state index in [1.54, 1.807) is 45.2 Å². The molecule has 2 N–H and O–H groups in total. The van der Waals surface area contributed by atoms with E-state index in [9.17, 15) is 9.59 Å². The summed E-state index contributed by atoms with van der Waals surface area (Å²) >= 11 is 12.1. The summed E-state index contributed by atoms with van der Waals surface area (Å²) in [5.74, 6) is 0.458. The molecule has 0 radical (unpaired) electrons. The normalized spacial score (nSPS) is 17.3. The standard InChI is InChI=1S/C17H16Cl2N4O3/c1-8-6-13(22-26-8)20-16(24)14-9(2)23(3)17(25)21-15(14)10-4-5-11(18)12(19)7-10/h4-7,15H,1-3H3,(H,21,25)(H,20,22,24)/t15-/m1/s1. The van der Waals surface area contributed by atoms with E-state index in [2.05, 4.69) is 15.8 Å². The second kappa shape index (κ2) is 7.01. The molecule has 136 valence electrons. The number of hydrogen-bond donors (Lipinski definition) is 2. The first kappa shape index (κ1) is 18.3. The van der Waals surface area contributed by atoms with Gasteiger partial charge in [-0.3, -0.25) is 4.79 Å². The van der Waals surface area contributed by atoms with E-state index < -0.39 is 11.9 Å². The summed E-state index contributed by atoms with van der Waals surface area (Å²) in [6.45, 7) is 3.42. The lowest BCUT2D eigenvalue weighted by Gasteiger charge is -2.33. The minimum Gasteiger partial charge on any atom is -0.360 e. The Morgan fingerprint density at radius 1 is 1.27 bits per heavy atom. The van der Waals surface area contributed by atoms with Crippen molar-refractivity contribution in [3.8, 4) is 0 Å². The van der Waals surface area contributed by atoms with Gasteiger partial charge in [-0.05, 0) is 31.5 Å². The lowest BCUT2D eigenvalue weighted by molar-refractivity contribution is -0.113.